The van der Waals surface area contributed by atoms with Crippen molar-refractivity contribution in [2.45, 2.75) is 26.2 Å². The highest BCUT2D eigenvalue weighted by Gasteiger charge is 2.22. The Morgan fingerprint density at radius 3 is 2.54 bits per heavy atom. The zero-order valence-electron chi connectivity index (χ0n) is 14.9. The molecule has 7 nitrogen and oxygen atoms in total. The van der Waals surface area contributed by atoms with Gasteiger partial charge >= 0.3 is 0 Å². The van der Waals surface area contributed by atoms with Gasteiger partial charge in [-0.05, 0) is 25.9 Å². The van der Waals surface area contributed by atoms with Gasteiger partial charge in [-0.1, -0.05) is 6.92 Å². The van der Waals surface area contributed by atoms with Crippen LogP contribution in [0.25, 0.3) is 0 Å². The topological polar surface area (TPSA) is 59.9 Å². The molecular weight excluding hydrogens is 322 g/mol. The second kappa shape index (κ2) is 8.62. The maximum absolute atomic E-state index is 4.60. The summed E-state index contributed by atoms with van der Waals surface area (Å²) in [5, 5.41) is 4.58. The molecule has 24 heavy (non-hydrogen) atoms. The van der Waals surface area contributed by atoms with Gasteiger partial charge < -0.3 is 20.0 Å². The van der Waals surface area contributed by atoms with E-state index in [2.05, 4.69) is 41.3 Å². The van der Waals surface area contributed by atoms with Gasteiger partial charge in [-0.2, -0.15) is 4.37 Å². The van der Waals surface area contributed by atoms with Crippen molar-refractivity contribution in [3.63, 3.8) is 0 Å². The molecule has 134 valence electrons. The highest BCUT2D eigenvalue weighted by Crippen LogP contribution is 2.19. The van der Waals surface area contributed by atoms with Crippen LogP contribution in [0.2, 0.25) is 0 Å². The fraction of sp³-hybridized carbons (Fsp3) is 0.812. The van der Waals surface area contributed by atoms with Gasteiger partial charge in [0.15, 0.2) is 5.96 Å². The molecule has 0 saturated carbocycles. The lowest BCUT2D eigenvalue weighted by molar-refractivity contribution is 0.334. The molecule has 8 heteroatoms. The average molecular weight is 352 g/mol. The Labute approximate surface area is 148 Å². The summed E-state index contributed by atoms with van der Waals surface area (Å²) >= 11 is 1.52. The first-order valence-corrected chi connectivity index (χ1v) is 9.83. The van der Waals surface area contributed by atoms with Gasteiger partial charge in [0.25, 0.3) is 0 Å². The van der Waals surface area contributed by atoms with Crippen LogP contribution >= 0.6 is 11.5 Å². The lowest BCUT2D eigenvalue weighted by atomic mass is 10.3. The molecule has 0 aliphatic carbocycles. The van der Waals surface area contributed by atoms with Crippen molar-refractivity contribution in [3.8, 4) is 0 Å². The van der Waals surface area contributed by atoms with Gasteiger partial charge in [-0.15, -0.1) is 0 Å². The molecule has 2 aliphatic rings. The Balaban J connectivity index is 1.43. The van der Waals surface area contributed by atoms with Gasteiger partial charge in [-0.3, -0.25) is 4.99 Å². The van der Waals surface area contributed by atoms with E-state index in [1.165, 1.54) is 37.5 Å². The summed E-state index contributed by atoms with van der Waals surface area (Å²) in [5.74, 6) is 1.98. The Hall–Kier alpha value is -1.41. The number of piperazine rings is 1. The van der Waals surface area contributed by atoms with Crippen molar-refractivity contribution < 1.29 is 0 Å². The summed E-state index contributed by atoms with van der Waals surface area (Å²) < 4.78 is 4.39. The molecule has 3 heterocycles. The molecule has 1 N–H and O–H groups in total. The predicted molar refractivity (Wildman–Crippen MR) is 100 cm³/mol. The van der Waals surface area contributed by atoms with Crippen LogP contribution in [0.4, 0.5) is 5.13 Å². The van der Waals surface area contributed by atoms with Gasteiger partial charge in [0.2, 0.25) is 5.13 Å². The number of likely N-dealkylation sites (tertiary alicyclic amines) is 1. The van der Waals surface area contributed by atoms with E-state index in [0.29, 0.717) is 0 Å². The third-order valence-electron chi connectivity index (χ3n) is 4.74. The number of rotatable bonds is 5. The smallest absolute Gasteiger partial charge is 0.205 e. The number of guanidine groups is 1. The molecule has 0 amide bonds. The van der Waals surface area contributed by atoms with Crippen LogP contribution in [0.3, 0.4) is 0 Å². The molecular formula is C16H29N7S. The summed E-state index contributed by atoms with van der Waals surface area (Å²) in [7, 11) is 1.88. The maximum atomic E-state index is 4.60. The molecule has 0 atom stereocenters. The first kappa shape index (κ1) is 17.4. The molecule has 2 fully saturated rings. The van der Waals surface area contributed by atoms with E-state index in [1.54, 1.807) is 0 Å². The third kappa shape index (κ3) is 4.36. The average Bonchev–Trinajstić information content (AvgIpc) is 3.30. The summed E-state index contributed by atoms with van der Waals surface area (Å²) in [5.41, 5.74) is 0. The largest absolute Gasteiger partial charge is 0.355 e. The molecule has 1 aromatic heterocycles. The van der Waals surface area contributed by atoms with E-state index in [9.17, 15) is 0 Å². The van der Waals surface area contributed by atoms with Crippen molar-refractivity contribution in [1.29, 1.82) is 0 Å². The first-order valence-electron chi connectivity index (χ1n) is 9.05. The number of aryl methyl sites for hydroxylation is 1. The third-order valence-corrected chi connectivity index (χ3v) is 5.56. The summed E-state index contributed by atoms with van der Waals surface area (Å²) in [4.78, 5) is 16.3. The van der Waals surface area contributed by atoms with E-state index in [0.717, 1.165) is 62.6 Å². The van der Waals surface area contributed by atoms with Gasteiger partial charge in [-0.25, -0.2) is 4.98 Å². The molecule has 3 rings (SSSR count). The van der Waals surface area contributed by atoms with Gasteiger partial charge in [0.05, 0.1) is 0 Å². The minimum atomic E-state index is 0.907. The van der Waals surface area contributed by atoms with Crippen molar-refractivity contribution in [2.24, 2.45) is 4.99 Å². The lowest BCUT2D eigenvalue weighted by Crippen LogP contribution is -2.53. The normalized spacial score (nSPS) is 20.0. The Bertz CT molecular complexity index is 530. The van der Waals surface area contributed by atoms with Crippen LogP contribution in [0.15, 0.2) is 4.99 Å². The second-order valence-electron chi connectivity index (χ2n) is 6.34. The van der Waals surface area contributed by atoms with Gasteiger partial charge in [0, 0.05) is 64.3 Å². The Kier molecular flexibility index (Phi) is 6.25. The molecule has 2 saturated heterocycles. The fourth-order valence-corrected chi connectivity index (χ4v) is 4.09. The van der Waals surface area contributed by atoms with Crippen LogP contribution in [0.1, 0.15) is 25.6 Å². The summed E-state index contributed by atoms with van der Waals surface area (Å²) in [6, 6.07) is 0. The number of aliphatic imine (C=N–C) groups is 1. The number of nitrogens with one attached hydrogen (secondary N) is 1. The predicted octanol–water partition coefficient (Wildman–Crippen LogP) is 0.894. The van der Waals surface area contributed by atoms with Crippen LogP contribution in [0.5, 0.6) is 0 Å². The van der Waals surface area contributed by atoms with E-state index < -0.39 is 0 Å². The standard InChI is InChI=1S/C16H29N7S/c1-3-14-19-16(24-20-14)23-12-10-22(11-13-23)15(17-2)18-6-9-21-7-4-5-8-21/h3-13H2,1-2H3,(H,17,18). The molecule has 1 aromatic rings. The van der Waals surface area contributed by atoms with Crippen molar-refractivity contribution >= 4 is 22.6 Å². The maximum Gasteiger partial charge on any atom is 0.205 e. The zero-order chi connectivity index (χ0) is 16.8. The van der Waals surface area contributed by atoms with E-state index >= 15 is 0 Å². The molecule has 0 radical (unpaired) electrons. The minimum absolute atomic E-state index is 0.907. The number of aromatic nitrogens is 2. The summed E-state index contributed by atoms with van der Waals surface area (Å²) in [6.45, 7) is 10.6. The number of hydrogen-bond donors (Lipinski definition) is 1. The number of nitrogens with zero attached hydrogens (tertiary/aromatic N) is 6. The Morgan fingerprint density at radius 2 is 1.92 bits per heavy atom. The molecule has 0 unspecified atom stereocenters. The summed E-state index contributed by atoms with van der Waals surface area (Å²) in [6.07, 6.45) is 3.61. The number of hydrogen-bond acceptors (Lipinski definition) is 6. The first-order chi connectivity index (χ1) is 11.8. The lowest BCUT2D eigenvalue weighted by Gasteiger charge is -2.36. The quantitative estimate of drug-likeness (QED) is 0.628. The Morgan fingerprint density at radius 1 is 1.17 bits per heavy atom. The van der Waals surface area contributed by atoms with Crippen LogP contribution in [-0.4, -0.2) is 84.5 Å². The van der Waals surface area contributed by atoms with Crippen molar-refractivity contribution in [1.82, 2.24) is 24.5 Å². The monoisotopic (exact) mass is 351 g/mol. The molecule has 0 aromatic carbocycles. The molecule has 0 bridgehead atoms. The minimum Gasteiger partial charge on any atom is -0.355 e. The molecule has 0 spiro atoms. The second-order valence-corrected chi connectivity index (χ2v) is 7.07. The van der Waals surface area contributed by atoms with Gasteiger partial charge in [0.1, 0.15) is 5.82 Å². The molecule has 2 aliphatic heterocycles. The fourth-order valence-electron chi connectivity index (χ4n) is 3.29. The zero-order valence-corrected chi connectivity index (χ0v) is 15.7. The highest BCUT2D eigenvalue weighted by molar-refractivity contribution is 7.09. The highest BCUT2D eigenvalue weighted by atomic mass is 32.1. The van der Waals surface area contributed by atoms with Crippen LogP contribution in [0, 0.1) is 0 Å². The van der Waals surface area contributed by atoms with Crippen LogP contribution in [-0.2, 0) is 6.42 Å². The van der Waals surface area contributed by atoms with Crippen molar-refractivity contribution in [2.75, 3.05) is 64.3 Å². The van der Waals surface area contributed by atoms with E-state index in [4.69, 9.17) is 0 Å². The van der Waals surface area contributed by atoms with E-state index in [1.807, 2.05) is 7.05 Å². The van der Waals surface area contributed by atoms with E-state index in [-0.39, 0.29) is 0 Å². The van der Waals surface area contributed by atoms with Crippen LogP contribution < -0.4 is 10.2 Å². The number of anilines is 1. The van der Waals surface area contributed by atoms with Crippen molar-refractivity contribution in [3.05, 3.63) is 5.82 Å². The SMILES string of the molecule is CCc1nsc(N2CCN(C(=NC)NCCN3CCCC3)CC2)n1.